The quantitative estimate of drug-likeness (QED) is 0.734. The van der Waals surface area contributed by atoms with E-state index in [0.29, 0.717) is 19.7 Å². The number of carbonyl (C=O) groups excluding carboxylic acids is 1. The number of hydrogen-bond acceptors (Lipinski definition) is 5. The number of rotatable bonds is 8. The largest absolute Gasteiger partial charge is 0.439 e. The van der Waals surface area contributed by atoms with Gasteiger partial charge in [0.25, 0.3) is 0 Å². The normalized spacial score (nSPS) is 16.4. The Kier molecular flexibility index (Phi) is 6.63. The molecule has 1 amide bonds. The summed E-state index contributed by atoms with van der Waals surface area (Å²) in [5.41, 5.74) is 1.73. The summed E-state index contributed by atoms with van der Waals surface area (Å²) < 4.78 is 11.3. The van der Waals surface area contributed by atoms with Crippen LogP contribution in [-0.4, -0.2) is 48.1 Å². The van der Waals surface area contributed by atoms with E-state index in [9.17, 15) is 4.79 Å². The molecule has 142 valence electrons. The Morgan fingerprint density at radius 1 is 1.35 bits per heavy atom. The number of para-hydroxylation sites is 2. The highest BCUT2D eigenvalue weighted by atomic mass is 16.5. The lowest BCUT2D eigenvalue weighted by molar-refractivity contribution is -0.126. The molecule has 0 spiro atoms. The zero-order chi connectivity index (χ0) is 18.4. The van der Waals surface area contributed by atoms with Gasteiger partial charge in [-0.25, -0.2) is 4.98 Å². The maximum Gasteiger partial charge on any atom is 0.223 e. The Morgan fingerprint density at radius 3 is 2.85 bits per heavy atom. The fourth-order valence-corrected chi connectivity index (χ4v) is 3.28. The molecule has 1 aliphatic rings. The predicted molar refractivity (Wildman–Crippen MR) is 101 cm³/mol. The van der Waals surface area contributed by atoms with Crippen LogP contribution in [0.1, 0.15) is 39.0 Å². The van der Waals surface area contributed by atoms with Crippen LogP contribution in [0.2, 0.25) is 0 Å². The topological polar surface area (TPSA) is 67.6 Å². The van der Waals surface area contributed by atoms with Gasteiger partial charge in [-0.1, -0.05) is 12.1 Å². The number of nitrogens with zero attached hydrogens (tertiary/aromatic N) is 2. The van der Waals surface area contributed by atoms with Gasteiger partial charge in [0.05, 0.1) is 12.6 Å². The first-order valence-corrected chi connectivity index (χ1v) is 9.58. The fourth-order valence-electron chi connectivity index (χ4n) is 3.28. The molecule has 6 nitrogen and oxygen atoms in total. The second-order valence-electron chi connectivity index (χ2n) is 7.19. The van der Waals surface area contributed by atoms with Gasteiger partial charge in [-0.2, -0.15) is 0 Å². The molecule has 0 radical (unpaired) electrons. The molecule has 2 aromatic rings. The van der Waals surface area contributed by atoms with Crippen molar-refractivity contribution in [3.63, 3.8) is 0 Å². The highest BCUT2D eigenvalue weighted by Crippen LogP contribution is 2.21. The van der Waals surface area contributed by atoms with Crippen molar-refractivity contribution >= 4 is 17.0 Å². The SMILES string of the molecule is CC(C)OCCCNC(=O)C1CCN(Cc2nc3ccccc3o2)CC1. The van der Waals surface area contributed by atoms with Crippen molar-refractivity contribution in [1.82, 2.24) is 15.2 Å². The summed E-state index contributed by atoms with van der Waals surface area (Å²) in [6.45, 7) is 7.92. The van der Waals surface area contributed by atoms with Gasteiger partial charge in [-0.3, -0.25) is 9.69 Å². The summed E-state index contributed by atoms with van der Waals surface area (Å²) in [5.74, 6) is 1.04. The smallest absolute Gasteiger partial charge is 0.223 e. The molecule has 1 aliphatic heterocycles. The third-order valence-electron chi connectivity index (χ3n) is 4.73. The minimum atomic E-state index is 0.112. The van der Waals surface area contributed by atoms with Crippen LogP contribution in [0.15, 0.2) is 28.7 Å². The van der Waals surface area contributed by atoms with Crippen LogP contribution in [0.25, 0.3) is 11.1 Å². The monoisotopic (exact) mass is 359 g/mol. The van der Waals surface area contributed by atoms with Crippen LogP contribution < -0.4 is 5.32 Å². The van der Waals surface area contributed by atoms with Crippen molar-refractivity contribution in [3.05, 3.63) is 30.2 Å². The summed E-state index contributed by atoms with van der Waals surface area (Å²) >= 11 is 0. The van der Waals surface area contributed by atoms with Crippen molar-refractivity contribution in [2.75, 3.05) is 26.2 Å². The zero-order valence-electron chi connectivity index (χ0n) is 15.7. The summed E-state index contributed by atoms with van der Waals surface area (Å²) in [7, 11) is 0. The van der Waals surface area contributed by atoms with Crippen LogP contribution >= 0.6 is 0 Å². The molecule has 1 aromatic carbocycles. The molecule has 0 unspecified atom stereocenters. The van der Waals surface area contributed by atoms with Gasteiger partial charge < -0.3 is 14.5 Å². The van der Waals surface area contributed by atoms with E-state index in [1.54, 1.807) is 0 Å². The predicted octanol–water partition coefficient (Wildman–Crippen LogP) is 2.97. The first kappa shape index (κ1) is 18.9. The van der Waals surface area contributed by atoms with Crippen LogP contribution in [0.5, 0.6) is 0 Å². The Balaban J connectivity index is 1.37. The lowest BCUT2D eigenvalue weighted by Gasteiger charge is -2.30. The second kappa shape index (κ2) is 9.14. The van der Waals surface area contributed by atoms with Crippen molar-refractivity contribution in [2.45, 2.75) is 45.8 Å². The molecule has 6 heteroatoms. The Labute approximate surface area is 154 Å². The highest BCUT2D eigenvalue weighted by Gasteiger charge is 2.25. The van der Waals surface area contributed by atoms with Gasteiger partial charge in [-0.15, -0.1) is 0 Å². The first-order valence-electron chi connectivity index (χ1n) is 9.58. The van der Waals surface area contributed by atoms with Crippen LogP contribution in [0.4, 0.5) is 0 Å². The average Bonchev–Trinajstić information content (AvgIpc) is 3.04. The number of ether oxygens (including phenoxy) is 1. The second-order valence-corrected chi connectivity index (χ2v) is 7.19. The van der Waals surface area contributed by atoms with Crippen LogP contribution in [-0.2, 0) is 16.1 Å². The van der Waals surface area contributed by atoms with Crippen LogP contribution in [0.3, 0.4) is 0 Å². The summed E-state index contributed by atoms with van der Waals surface area (Å²) in [6, 6.07) is 7.82. The average molecular weight is 359 g/mol. The molecule has 3 rings (SSSR count). The molecule has 1 saturated heterocycles. The number of benzene rings is 1. The third-order valence-corrected chi connectivity index (χ3v) is 4.73. The molecule has 1 N–H and O–H groups in total. The Morgan fingerprint density at radius 2 is 2.12 bits per heavy atom. The molecule has 0 atom stereocenters. The summed E-state index contributed by atoms with van der Waals surface area (Å²) in [5, 5.41) is 3.04. The Bertz CT molecular complexity index is 672. The van der Waals surface area contributed by atoms with Gasteiger partial charge >= 0.3 is 0 Å². The molecular weight excluding hydrogens is 330 g/mol. The van der Waals surface area contributed by atoms with E-state index in [-0.39, 0.29) is 17.9 Å². The number of piperidine rings is 1. The Hall–Kier alpha value is -1.92. The van der Waals surface area contributed by atoms with E-state index in [0.717, 1.165) is 49.3 Å². The van der Waals surface area contributed by atoms with Gasteiger partial charge in [0, 0.05) is 19.1 Å². The minimum Gasteiger partial charge on any atom is -0.439 e. The molecule has 2 heterocycles. The van der Waals surface area contributed by atoms with E-state index in [2.05, 4.69) is 15.2 Å². The number of oxazole rings is 1. The fraction of sp³-hybridized carbons (Fsp3) is 0.600. The molecule has 1 fully saturated rings. The van der Waals surface area contributed by atoms with Crippen LogP contribution in [0, 0.1) is 5.92 Å². The summed E-state index contributed by atoms with van der Waals surface area (Å²) in [6.07, 6.45) is 2.88. The number of likely N-dealkylation sites (tertiary alicyclic amines) is 1. The molecule has 26 heavy (non-hydrogen) atoms. The number of aromatic nitrogens is 1. The highest BCUT2D eigenvalue weighted by molar-refractivity contribution is 5.78. The summed E-state index contributed by atoms with van der Waals surface area (Å²) in [4.78, 5) is 19.1. The van der Waals surface area contributed by atoms with Gasteiger partial charge in [0.15, 0.2) is 5.58 Å². The minimum absolute atomic E-state index is 0.112. The first-order chi connectivity index (χ1) is 12.6. The van der Waals surface area contributed by atoms with Gasteiger partial charge in [-0.05, 0) is 58.3 Å². The molecule has 0 aliphatic carbocycles. The molecule has 0 bridgehead atoms. The molecule has 0 saturated carbocycles. The maximum atomic E-state index is 12.3. The standard InChI is InChI=1S/C20H29N3O3/c1-15(2)25-13-5-10-21-20(24)16-8-11-23(12-9-16)14-19-22-17-6-3-4-7-18(17)26-19/h3-4,6-7,15-16H,5,8-14H2,1-2H3,(H,21,24). The number of hydrogen-bond donors (Lipinski definition) is 1. The van der Waals surface area contributed by atoms with E-state index < -0.39 is 0 Å². The van der Waals surface area contributed by atoms with Crippen molar-refractivity contribution < 1.29 is 13.9 Å². The van der Waals surface area contributed by atoms with Gasteiger partial charge in [0.1, 0.15) is 5.52 Å². The van der Waals surface area contributed by atoms with Crippen molar-refractivity contribution in [2.24, 2.45) is 5.92 Å². The molecular formula is C20H29N3O3. The van der Waals surface area contributed by atoms with Crippen molar-refractivity contribution in [1.29, 1.82) is 0 Å². The lowest BCUT2D eigenvalue weighted by Crippen LogP contribution is -2.40. The van der Waals surface area contributed by atoms with E-state index >= 15 is 0 Å². The molecule has 1 aromatic heterocycles. The van der Waals surface area contributed by atoms with E-state index in [4.69, 9.17) is 9.15 Å². The zero-order valence-corrected chi connectivity index (χ0v) is 15.7. The number of amides is 1. The number of nitrogens with one attached hydrogen (secondary N) is 1. The van der Waals surface area contributed by atoms with Gasteiger partial charge in [0.2, 0.25) is 11.8 Å². The van der Waals surface area contributed by atoms with E-state index in [1.807, 2.05) is 38.1 Å². The number of carbonyl (C=O) groups is 1. The maximum absolute atomic E-state index is 12.3. The lowest BCUT2D eigenvalue weighted by atomic mass is 9.96. The number of fused-ring (bicyclic) bond motifs is 1. The van der Waals surface area contributed by atoms with Crippen molar-refractivity contribution in [3.8, 4) is 0 Å². The third kappa shape index (κ3) is 5.29. The van der Waals surface area contributed by atoms with E-state index in [1.165, 1.54) is 0 Å².